The van der Waals surface area contributed by atoms with E-state index in [0.29, 0.717) is 19.0 Å². The van der Waals surface area contributed by atoms with Crippen molar-refractivity contribution in [1.82, 2.24) is 4.90 Å². The molecular weight excluding hydrogens is 414 g/mol. The summed E-state index contributed by atoms with van der Waals surface area (Å²) in [6.07, 6.45) is 0.326. The number of hydrogen-bond acceptors (Lipinski definition) is 5. The van der Waals surface area contributed by atoms with Gasteiger partial charge in [0.2, 0.25) is 0 Å². The third-order valence-electron chi connectivity index (χ3n) is 5.71. The van der Waals surface area contributed by atoms with E-state index in [4.69, 9.17) is 25.8 Å². The molecule has 1 aliphatic heterocycles. The minimum absolute atomic E-state index is 0.150. The van der Waals surface area contributed by atoms with E-state index in [1.165, 1.54) is 11.1 Å². The summed E-state index contributed by atoms with van der Waals surface area (Å²) < 4.78 is 16.9. The van der Waals surface area contributed by atoms with Crippen molar-refractivity contribution in [3.8, 4) is 11.5 Å². The van der Waals surface area contributed by atoms with E-state index in [2.05, 4.69) is 43.0 Å². The molecule has 1 N–H and O–H groups in total. The molecule has 0 amide bonds. The number of rotatable bonds is 11. The average Bonchev–Trinajstić information content (AvgIpc) is 2.79. The van der Waals surface area contributed by atoms with Gasteiger partial charge in [-0.15, -0.1) is 11.6 Å². The Labute approximate surface area is 190 Å². The summed E-state index contributed by atoms with van der Waals surface area (Å²) >= 11 is 5.70. The second kappa shape index (κ2) is 11.7. The van der Waals surface area contributed by atoms with Crippen molar-refractivity contribution < 1.29 is 19.3 Å². The van der Waals surface area contributed by atoms with Gasteiger partial charge in [-0.1, -0.05) is 38.1 Å². The fraction of sp³-hybridized carbons (Fsp3) is 0.520. The van der Waals surface area contributed by atoms with E-state index in [-0.39, 0.29) is 12.0 Å². The Morgan fingerprint density at radius 3 is 2.06 bits per heavy atom. The number of ether oxygens (including phenoxy) is 3. The van der Waals surface area contributed by atoms with Crippen LogP contribution in [0.2, 0.25) is 0 Å². The molecule has 2 aromatic carbocycles. The fourth-order valence-electron chi connectivity index (χ4n) is 3.67. The Balaban J connectivity index is 1.53. The Morgan fingerprint density at radius 2 is 1.52 bits per heavy atom. The summed E-state index contributed by atoms with van der Waals surface area (Å²) in [7, 11) is 0. The van der Waals surface area contributed by atoms with E-state index in [9.17, 15) is 5.11 Å². The van der Waals surface area contributed by atoms with Crippen LogP contribution in [0.1, 0.15) is 31.4 Å². The van der Waals surface area contributed by atoms with Crippen molar-refractivity contribution in [1.29, 1.82) is 0 Å². The van der Waals surface area contributed by atoms with Gasteiger partial charge in [-0.2, -0.15) is 0 Å². The number of alkyl halides is 1. The molecule has 0 bridgehead atoms. The first-order valence-electron chi connectivity index (χ1n) is 11.0. The van der Waals surface area contributed by atoms with Crippen molar-refractivity contribution in [2.45, 2.75) is 31.8 Å². The second-order valence-corrected chi connectivity index (χ2v) is 8.82. The molecule has 5 nitrogen and oxygen atoms in total. The molecule has 2 aromatic rings. The van der Waals surface area contributed by atoms with Crippen LogP contribution in [0.15, 0.2) is 48.5 Å². The normalized spacial score (nSPS) is 16.1. The zero-order valence-corrected chi connectivity index (χ0v) is 19.3. The number of morpholine rings is 1. The summed E-state index contributed by atoms with van der Waals surface area (Å²) in [4.78, 5) is 2.21. The highest BCUT2D eigenvalue weighted by atomic mass is 35.5. The molecule has 0 radical (unpaired) electrons. The first kappa shape index (κ1) is 23.9. The Bertz CT molecular complexity index is 773. The van der Waals surface area contributed by atoms with Crippen LogP contribution in [0, 0.1) is 0 Å². The topological polar surface area (TPSA) is 51.2 Å². The molecule has 3 rings (SSSR count). The molecule has 0 saturated carbocycles. The van der Waals surface area contributed by atoms with Crippen LogP contribution in [-0.4, -0.2) is 68.1 Å². The predicted octanol–water partition coefficient (Wildman–Crippen LogP) is 4.09. The van der Waals surface area contributed by atoms with Crippen molar-refractivity contribution in [3.05, 3.63) is 59.7 Å². The maximum atomic E-state index is 10.3. The lowest BCUT2D eigenvalue weighted by atomic mass is 9.78. The van der Waals surface area contributed by atoms with Crippen LogP contribution >= 0.6 is 11.6 Å². The van der Waals surface area contributed by atoms with Gasteiger partial charge in [0.15, 0.2) is 0 Å². The van der Waals surface area contributed by atoms with Crippen molar-refractivity contribution in [2.75, 3.05) is 51.9 Å². The highest BCUT2D eigenvalue weighted by Gasteiger charge is 2.23. The van der Waals surface area contributed by atoms with E-state index < -0.39 is 6.10 Å². The maximum Gasteiger partial charge on any atom is 0.119 e. The van der Waals surface area contributed by atoms with E-state index in [1.807, 2.05) is 24.3 Å². The zero-order valence-electron chi connectivity index (χ0n) is 18.6. The molecule has 1 heterocycles. The van der Waals surface area contributed by atoms with Gasteiger partial charge in [0.05, 0.1) is 19.8 Å². The average molecular weight is 448 g/mol. The molecule has 0 aromatic heterocycles. The van der Waals surface area contributed by atoms with Crippen molar-refractivity contribution in [3.63, 3.8) is 0 Å². The van der Waals surface area contributed by atoms with Crippen molar-refractivity contribution >= 4 is 11.6 Å². The van der Waals surface area contributed by atoms with Gasteiger partial charge >= 0.3 is 0 Å². The number of aliphatic hydroxyl groups is 1. The van der Waals surface area contributed by atoms with Gasteiger partial charge < -0.3 is 19.3 Å². The molecule has 0 aliphatic carbocycles. The van der Waals surface area contributed by atoms with Crippen LogP contribution in [0.4, 0.5) is 0 Å². The summed E-state index contributed by atoms with van der Waals surface area (Å²) in [6.45, 7) is 9.13. The number of halogens is 1. The van der Waals surface area contributed by atoms with E-state index in [1.54, 1.807) is 0 Å². The molecule has 0 spiro atoms. The molecule has 1 aliphatic rings. The van der Waals surface area contributed by atoms with Gasteiger partial charge in [-0.25, -0.2) is 0 Å². The minimum atomic E-state index is -0.514. The standard InChI is InChI=1S/C25H34ClNO4/c1-25(2,20-4-8-23(9-5-20)30-15-3-12-26)21-6-10-24(11-7-21)31-19-22(28)18-27-13-16-29-17-14-27/h4-11,22,28H,3,12-19H2,1-2H3/t22-/m1/s1. The minimum Gasteiger partial charge on any atom is -0.494 e. The van der Waals surface area contributed by atoms with Gasteiger partial charge in [0, 0.05) is 30.9 Å². The molecular formula is C25H34ClNO4. The predicted molar refractivity (Wildman–Crippen MR) is 125 cm³/mol. The second-order valence-electron chi connectivity index (χ2n) is 8.44. The Kier molecular flexibility index (Phi) is 9.02. The summed E-state index contributed by atoms with van der Waals surface area (Å²) in [6, 6.07) is 16.4. The Morgan fingerprint density at radius 1 is 0.968 bits per heavy atom. The molecule has 31 heavy (non-hydrogen) atoms. The number of hydrogen-bond donors (Lipinski definition) is 1. The summed E-state index contributed by atoms with van der Waals surface area (Å²) in [5.74, 6) is 2.24. The molecule has 1 atom stereocenters. The SMILES string of the molecule is CC(C)(c1ccc(OCCCCl)cc1)c1ccc(OC[C@H](O)CN2CCOCC2)cc1. The first-order valence-corrected chi connectivity index (χ1v) is 11.5. The van der Waals surface area contributed by atoms with Gasteiger partial charge in [-0.05, 0) is 41.8 Å². The number of β-amino-alcohol motifs (C(OH)–C–C–N with tert-alkyl or cyclic N) is 1. The van der Waals surface area contributed by atoms with E-state index in [0.717, 1.165) is 44.2 Å². The lowest BCUT2D eigenvalue weighted by Gasteiger charge is -2.28. The number of benzene rings is 2. The molecule has 0 unspecified atom stereocenters. The van der Waals surface area contributed by atoms with Gasteiger partial charge in [0.1, 0.15) is 24.2 Å². The lowest BCUT2D eigenvalue weighted by Crippen LogP contribution is -2.42. The van der Waals surface area contributed by atoms with Gasteiger partial charge in [-0.3, -0.25) is 4.90 Å². The third kappa shape index (κ3) is 7.11. The highest BCUT2D eigenvalue weighted by molar-refractivity contribution is 6.17. The lowest BCUT2D eigenvalue weighted by molar-refractivity contribution is 0.00465. The summed E-state index contributed by atoms with van der Waals surface area (Å²) in [5, 5.41) is 10.3. The fourth-order valence-corrected chi connectivity index (χ4v) is 3.78. The van der Waals surface area contributed by atoms with Crippen LogP contribution < -0.4 is 9.47 Å². The quantitative estimate of drug-likeness (QED) is 0.415. The largest absolute Gasteiger partial charge is 0.494 e. The van der Waals surface area contributed by atoms with E-state index >= 15 is 0 Å². The molecule has 6 heteroatoms. The monoisotopic (exact) mass is 447 g/mol. The summed E-state index contributed by atoms with van der Waals surface area (Å²) in [5.41, 5.74) is 2.26. The van der Waals surface area contributed by atoms with Crippen LogP contribution in [0.25, 0.3) is 0 Å². The van der Waals surface area contributed by atoms with Crippen molar-refractivity contribution in [2.24, 2.45) is 0 Å². The maximum absolute atomic E-state index is 10.3. The molecule has 170 valence electrons. The van der Waals surface area contributed by atoms with Crippen LogP contribution in [-0.2, 0) is 10.2 Å². The zero-order chi connectivity index (χ0) is 22.1. The van der Waals surface area contributed by atoms with Crippen LogP contribution in [0.5, 0.6) is 11.5 Å². The Hall–Kier alpha value is -1.79. The highest BCUT2D eigenvalue weighted by Crippen LogP contribution is 2.33. The number of aliphatic hydroxyl groups excluding tert-OH is 1. The smallest absolute Gasteiger partial charge is 0.119 e. The third-order valence-corrected chi connectivity index (χ3v) is 5.98. The molecule has 1 fully saturated rings. The number of nitrogens with zero attached hydrogens (tertiary/aromatic N) is 1. The molecule has 1 saturated heterocycles. The van der Waals surface area contributed by atoms with Crippen LogP contribution in [0.3, 0.4) is 0 Å². The van der Waals surface area contributed by atoms with Gasteiger partial charge in [0.25, 0.3) is 0 Å². The first-order chi connectivity index (χ1) is 15.0.